The highest BCUT2D eigenvalue weighted by molar-refractivity contribution is 6.52. The van der Waals surface area contributed by atoms with Crippen molar-refractivity contribution in [3.05, 3.63) is 29.8 Å². The van der Waals surface area contributed by atoms with Crippen molar-refractivity contribution in [2.75, 3.05) is 18.4 Å². The van der Waals surface area contributed by atoms with Gasteiger partial charge >= 0.3 is 0 Å². The van der Waals surface area contributed by atoms with Crippen LogP contribution in [0.3, 0.4) is 0 Å². The number of nitrogens with one attached hydrogen (secondary N) is 1. The van der Waals surface area contributed by atoms with E-state index in [-0.39, 0.29) is 17.7 Å². The minimum Gasteiger partial charge on any atom is -0.339 e. The molecule has 1 saturated carbocycles. The zero-order valence-electron chi connectivity index (χ0n) is 12.0. The molecule has 0 unspecified atom stereocenters. The molecule has 0 bridgehead atoms. The van der Waals surface area contributed by atoms with Crippen molar-refractivity contribution in [2.45, 2.75) is 24.6 Å². The SMILES string of the molecule is CCN(CC)C(=O)c1ccc(NC(=O)[C@@H]2CC2(Cl)Cl)cc1. The molecule has 0 heterocycles. The number of rotatable bonds is 5. The number of alkyl halides is 2. The van der Waals surface area contributed by atoms with Gasteiger partial charge in [0.2, 0.25) is 5.91 Å². The number of anilines is 1. The third-order valence-corrected chi connectivity index (χ3v) is 4.43. The molecule has 0 saturated heterocycles. The van der Waals surface area contributed by atoms with Crippen LogP contribution in [0.15, 0.2) is 24.3 Å². The van der Waals surface area contributed by atoms with Crippen molar-refractivity contribution in [3.63, 3.8) is 0 Å². The largest absolute Gasteiger partial charge is 0.339 e. The quantitative estimate of drug-likeness (QED) is 0.843. The first-order valence-electron chi connectivity index (χ1n) is 6.97. The van der Waals surface area contributed by atoms with Crippen LogP contribution in [0.25, 0.3) is 0 Å². The molecule has 2 amide bonds. The Labute approximate surface area is 134 Å². The second-order valence-electron chi connectivity index (χ2n) is 5.06. The lowest BCUT2D eigenvalue weighted by Crippen LogP contribution is -2.30. The van der Waals surface area contributed by atoms with Crippen LogP contribution in [-0.2, 0) is 4.79 Å². The molecule has 0 aliphatic heterocycles. The molecule has 0 aromatic heterocycles. The van der Waals surface area contributed by atoms with Crippen LogP contribution in [0.4, 0.5) is 5.69 Å². The van der Waals surface area contributed by atoms with Gasteiger partial charge in [-0.25, -0.2) is 0 Å². The monoisotopic (exact) mass is 328 g/mol. The number of carbonyl (C=O) groups is 2. The van der Waals surface area contributed by atoms with Crippen LogP contribution < -0.4 is 5.32 Å². The molecule has 1 aromatic rings. The van der Waals surface area contributed by atoms with Crippen LogP contribution >= 0.6 is 23.2 Å². The molecular weight excluding hydrogens is 311 g/mol. The third kappa shape index (κ3) is 3.69. The van der Waals surface area contributed by atoms with E-state index >= 15 is 0 Å². The maximum absolute atomic E-state index is 12.1. The van der Waals surface area contributed by atoms with Crippen LogP contribution in [0, 0.1) is 5.92 Å². The summed E-state index contributed by atoms with van der Waals surface area (Å²) in [5.41, 5.74) is 1.24. The van der Waals surface area contributed by atoms with Gasteiger partial charge < -0.3 is 10.2 Å². The third-order valence-electron chi connectivity index (χ3n) is 3.59. The Morgan fingerprint density at radius 1 is 1.24 bits per heavy atom. The van der Waals surface area contributed by atoms with Crippen LogP contribution in [0.2, 0.25) is 0 Å². The number of nitrogens with zero attached hydrogens (tertiary/aromatic N) is 1. The lowest BCUT2D eigenvalue weighted by Gasteiger charge is -2.18. The summed E-state index contributed by atoms with van der Waals surface area (Å²) in [5.74, 6) is -0.568. The minimum absolute atomic E-state index is 0.0133. The van der Waals surface area contributed by atoms with Gasteiger partial charge in [-0.3, -0.25) is 9.59 Å². The van der Waals surface area contributed by atoms with E-state index in [1.807, 2.05) is 13.8 Å². The van der Waals surface area contributed by atoms with Gasteiger partial charge in [-0.1, -0.05) is 0 Å². The lowest BCUT2D eigenvalue weighted by atomic mass is 10.1. The zero-order chi connectivity index (χ0) is 15.6. The maximum Gasteiger partial charge on any atom is 0.253 e. The van der Waals surface area contributed by atoms with E-state index < -0.39 is 4.33 Å². The van der Waals surface area contributed by atoms with E-state index in [2.05, 4.69) is 5.32 Å². The smallest absolute Gasteiger partial charge is 0.253 e. The first-order chi connectivity index (χ1) is 9.89. The molecule has 21 heavy (non-hydrogen) atoms. The average Bonchev–Trinajstić information content (AvgIpc) is 3.10. The van der Waals surface area contributed by atoms with Gasteiger partial charge in [0, 0.05) is 24.3 Å². The summed E-state index contributed by atoms with van der Waals surface area (Å²) in [4.78, 5) is 25.7. The van der Waals surface area contributed by atoms with E-state index in [1.165, 1.54) is 0 Å². The lowest BCUT2D eigenvalue weighted by molar-refractivity contribution is -0.117. The molecule has 0 spiro atoms. The molecule has 4 nitrogen and oxygen atoms in total. The molecular formula is C15H18Cl2N2O2. The Hall–Kier alpha value is -1.26. The van der Waals surface area contributed by atoms with Crippen LogP contribution in [0.1, 0.15) is 30.6 Å². The Kier molecular flexibility index (Phi) is 4.79. The number of carbonyl (C=O) groups excluding carboxylic acids is 2. The van der Waals surface area contributed by atoms with E-state index in [0.29, 0.717) is 30.8 Å². The van der Waals surface area contributed by atoms with Gasteiger partial charge in [-0.2, -0.15) is 0 Å². The Bertz CT molecular complexity index is 539. The molecule has 114 valence electrons. The Morgan fingerprint density at radius 3 is 2.19 bits per heavy atom. The minimum atomic E-state index is -0.928. The van der Waals surface area contributed by atoms with Crippen molar-refractivity contribution in [1.82, 2.24) is 4.90 Å². The van der Waals surface area contributed by atoms with Crippen LogP contribution in [0.5, 0.6) is 0 Å². The molecule has 1 N–H and O–H groups in total. The summed E-state index contributed by atoms with van der Waals surface area (Å²) in [6, 6.07) is 6.83. The molecule has 0 radical (unpaired) electrons. The van der Waals surface area contributed by atoms with E-state index in [4.69, 9.17) is 23.2 Å². The fourth-order valence-electron chi connectivity index (χ4n) is 2.12. The van der Waals surface area contributed by atoms with Crippen molar-refractivity contribution in [2.24, 2.45) is 5.92 Å². The molecule has 6 heteroatoms. The van der Waals surface area contributed by atoms with Crippen molar-refractivity contribution in [1.29, 1.82) is 0 Å². The van der Waals surface area contributed by atoms with Crippen molar-refractivity contribution >= 4 is 40.7 Å². The van der Waals surface area contributed by atoms with Gasteiger partial charge in [0.05, 0.1) is 5.92 Å². The zero-order valence-corrected chi connectivity index (χ0v) is 13.5. The summed E-state index contributed by atoms with van der Waals surface area (Å²) < 4.78 is -0.928. The molecule has 1 atom stereocenters. The molecule has 1 aliphatic rings. The predicted octanol–water partition coefficient (Wildman–Crippen LogP) is 3.30. The predicted molar refractivity (Wildman–Crippen MR) is 84.9 cm³/mol. The number of hydrogen-bond donors (Lipinski definition) is 1. The van der Waals surface area contributed by atoms with Gasteiger partial charge in [0.25, 0.3) is 5.91 Å². The molecule has 1 aliphatic carbocycles. The van der Waals surface area contributed by atoms with Crippen molar-refractivity contribution < 1.29 is 9.59 Å². The Balaban J connectivity index is 1.99. The number of benzene rings is 1. The fraction of sp³-hybridized carbons (Fsp3) is 0.467. The topological polar surface area (TPSA) is 49.4 Å². The first-order valence-corrected chi connectivity index (χ1v) is 7.72. The molecule has 2 rings (SSSR count). The first kappa shape index (κ1) is 16.1. The second kappa shape index (κ2) is 6.24. The highest BCUT2D eigenvalue weighted by atomic mass is 35.5. The Morgan fingerprint density at radius 2 is 1.76 bits per heavy atom. The highest BCUT2D eigenvalue weighted by Crippen LogP contribution is 2.53. The number of halogens is 2. The average molecular weight is 329 g/mol. The van der Waals surface area contributed by atoms with Gasteiger partial charge in [-0.15, -0.1) is 23.2 Å². The van der Waals surface area contributed by atoms with Gasteiger partial charge in [-0.05, 0) is 44.5 Å². The maximum atomic E-state index is 12.1. The van der Waals surface area contributed by atoms with Gasteiger partial charge in [0.15, 0.2) is 0 Å². The number of amides is 2. The fourth-order valence-corrected chi connectivity index (χ4v) is 2.62. The standard InChI is InChI=1S/C15H18Cl2N2O2/c1-3-19(4-2)14(21)10-5-7-11(8-6-10)18-13(20)12-9-15(12,16)17/h5-8,12H,3-4,9H2,1-2H3,(H,18,20)/t12-/m0/s1. The van der Waals surface area contributed by atoms with E-state index in [1.54, 1.807) is 29.2 Å². The van der Waals surface area contributed by atoms with E-state index in [9.17, 15) is 9.59 Å². The second-order valence-corrected chi connectivity index (χ2v) is 6.60. The van der Waals surface area contributed by atoms with Crippen molar-refractivity contribution in [3.8, 4) is 0 Å². The summed E-state index contributed by atoms with van der Waals surface area (Å²) >= 11 is 11.7. The van der Waals surface area contributed by atoms with E-state index in [0.717, 1.165) is 0 Å². The molecule has 1 aromatic carbocycles. The van der Waals surface area contributed by atoms with Crippen LogP contribution in [-0.4, -0.2) is 34.1 Å². The number of hydrogen-bond acceptors (Lipinski definition) is 2. The summed E-state index contributed by atoms with van der Waals surface area (Å²) in [6.45, 7) is 5.22. The highest BCUT2D eigenvalue weighted by Gasteiger charge is 2.56. The summed E-state index contributed by atoms with van der Waals surface area (Å²) in [5, 5.41) is 2.75. The summed E-state index contributed by atoms with van der Waals surface area (Å²) in [6.07, 6.45) is 0.473. The van der Waals surface area contributed by atoms with Gasteiger partial charge in [0.1, 0.15) is 4.33 Å². The summed E-state index contributed by atoms with van der Waals surface area (Å²) in [7, 11) is 0. The normalized spacial score (nSPS) is 19.0. The molecule has 1 fully saturated rings.